The van der Waals surface area contributed by atoms with Gasteiger partial charge in [0.05, 0.1) is 19.7 Å². The maximum Gasteiger partial charge on any atom is 0.272 e. The summed E-state index contributed by atoms with van der Waals surface area (Å²) in [4.78, 5) is 79.3. The molecular formula is C41H50N8O7. The zero-order chi connectivity index (χ0) is 39.8. The maximum absolute atomic E-state index is 14.3. The van der Waals surface area contributed by atoms with Gasteiger partial charge < -0.3 is 35.6 Å². The number of benzene rings is 2. The molecule has 5 amide bonds. The van der Waals surface area contributed by atoms with Gasteiger partial charge in [-0.2, -0.15) is 0 Å². The Labute approximate surface area is 325 Å². The minimum atomic E-state index is -1.15. The summed E-state index contributed by atoms with van der Waals surface area (Å²) in [6.45, 7) is 6.11. The van der Waals surface area contributed by atoms with E-state index < -0.39 is 41.8 Å². The van der Waals surface area contributed by atoms with Gasteiger partial charge in [0.25, 0.3) is 5.91 Å². The third-order valence-corrected chi connectivity index (χ3v) is 9.81. The second kappa shape index (κ2) is 18.1. The average Bonchev–Trinajstić information content (AvgIpc) is 3.89. The summed E-state index contributed by atoms with van der Waals surface area (Å²) in [5.41, 5.74) is 1.49. The number of fused-ring (bicyclic) bond motifs is 18. The fourth-order valence-corrected chi connectivity index (χ4v) is 6.69. The molecule has 0 saturated heterocycles. The second-order valence-corrected chi connectivity index (χ2v) is 15.0. The molecule has 0 spiro atoms. The first kappa shape index (κ1) is 39.7. The smallest absolute Gasteiger partial charge is 0.272 e. The molecule has 2 bridgehead atoms. The molecule has 1 aliphatic carbocycles. The van der Waals surface area contributed by atoms with E-state index in [0.717, 1.165) is 18.4 Å². The zero-order valence-corrected chi connectivity index (χ0v) is 32.2. The van der Waals surface area contributed by atoms with E-state index in [0.29, 0.717) is 35.8 Å². The number of aromatic nitrogens is 3. The Hall–Kier alpha value is -5.99. The molecule has 15 heteroatoms. The number of methoxy groups -OCH3 is 1. The molecule has 15 nitrogen and oxygen atoms in total. The Morgan fingerprint density at radius 2 is 1.75 bits per heavy atom. The van der Waals surface area contributed by atoms with E-state index in [4.69, 9.17) is 9.47 Å². The van der Waals surface area contributed by atoms with E-state index in [1.54, 1.807) is 85.4 Å². The normalized spacial score (nSPS) is 21.6. The summed E-state index contributed by atoms with van der Waals surface area (Å²) in [6, 6.07) is 12.3. The van der Waals surface area contributed by atoms with Crippen LogP contribution < -0.4 is 30.7 Å². The molecule has 0 unspecified atom stereocenters. The van der Waals surface area contributed by atoms with Crippen molar-refractivity contribution in [2.45, 2.75) is 77.0 Å². The zero-order valence-electron chi connectivity index (χ0n) is 32.2. The maximum atomic E-state index is 14.3. The number of nitrogens with one attached hydrogen (secondary N) is 4. The lowest BCUT2D eigenvalue weighted by Gasteiger charge is -2.29. The predicted molar refractivity (Wildman–Crippen MR) is 207 cm³/mol. The quantitative estimate of drug-likeness (QED) is 0.186. The lowest BCUT2D eigenvalue weighted by molar-refractivity contribution is -0.140. The van der Waals surface area contributed by atoms with E-state index in [2.05, 4.69) is 45.1 Å². The van der Waals surface area contributed by atoms with Gasteiger partial charge in [-0.3, -0.25) is 28.4 Å². The van der Waals surface area contributed by atoms with Crippen LogP contribution in [0.1, 0.15) is 61.6 Å². The number of carbonyl (C=O) groups excluding carboxylic acids is 5. The molecule has 7 rings (SSSR count). The molecule has 4 heterocycles. The summed E-state index contributed by atoms with van der Waals surface area (Å²) in [5.74, 6) is -0.503. The van der Waals surface area contributed by atoms with Gasteiger partial charge in [0, 0.05) is 38.0 Å². The number of amides is 5. The first-order valence-corrected chi connectivity index (χ1v) is 19.1. The minimum absolute atomic E-state index is 0.0605. The van der Waals surface area contributed by atoms with E-state index in [1.807, 2.05) is 0 Å². The molecule has 2 aromatic heterocycles. The van der Waals surface area contributed by atoms with Crippen LogP contribution in [0.25, 0.3) is 5.78 Å². The van der Waals surface area contributed by atoms with Crippen molar-refractivity contribution in [3.8, 4) is 11.5 Å². The molecule has 2 aliphatic heterocycles. The highest BCUT2D eigenvalue weighted by Gasteiger charge is 2.34. The van der Waals surface area contributed by atoms with Gasteiger partial charge in [-0.1, -0.05) is 38.1 Å². The number of carbonyl (C=O) groups is 5. The molecular weight excluding hydrogens is 716 g/mol. The first-order valence-electron chi connectivity index (χ1n) is 19.1. The van der Waals surface area contributed by atoms with Gasteiger partial charge in [-0.05, 0) is 79.5 Å². The summed E-state index contributed by atoms with van der Waals surface area (Å²) in [5, 5.41) is 11.6. The molecule has 0 radical (unpaired) electrons. The minimum Gasteiger partial charge on any atom is -0.497 e. The van der Waals surface area contributed by atoms with Crippen molar-refractivity contribution in [1.29, 1.82) is 0 Å². The van der Waals surface area contributed by atoms with Crippen LogP contribution in [-0.4, -0.2) is 99.8 Å². The molecule has 1 saturated carbocycles. The Morgan fingerprint density at radius 1 is 1.00 bits per heavy atom. The number of ether oxygens (including phenoxy) is 2. The Bertz CT molecular complexity index is 1980. The van der Waals surface area contributed by atoms with E-state index >= 15 is 0 Å². The Balaban J connectivity index is 1.32. The molecule has 4 aromatic rings. The average molecular weight is 767 g/mol. The van der Waals surface area contributed by atoms with Crippen LogP contribution in [0, 0.1) is 11.8 Å². The van der Waals surface area contributed by atoms with Crippen molar-refractivity contribution >= 4 is 35.3 Å². The number of rotatable bonds is 9. The molecule has 1 fully saturated rings. The van der Waals surface area contributed by atoms with Crippen LogP contribution in [0.5, 0.6) is 11.5 Å². The van der Waals surface area contributed by atoms with Crippen molar-refractivity contribution in [2.75, 3.05) is 26.8 Å². The van der Waals surface area contributed by atoms with Gasteiger partial charge >= 0.3 is 0 Å². The summed E-state index contributed by atoms with van der Waals surface area (Å²) >= 11 is 0. The number of hydrogen-bond donors (Lipinski definition) is 4. The largest absolute Gasteiger partial charge is 0.497 e. The number of hydrogen-bond acceptors (Lipinski definition) is 9. The van der Waals surface area contributed by atoms with Crippen LogP contribution in [0.15, 0.2) is 73.2 Å². The lowest BCUT2D eigenvalue weighted by atomic mass is 10.0. The highest BCUT2D eigenvalue weighted by atomic mass is 16.5. The standard InChI is InChI=1S/C41H50N8O7/c1-25(2)18-30-24-56-32-14-10-28(11-15-32)20-34(46-39(53)35-22-48-17-5-16-42-41(48)47-35)38(52)45-33(19-27-8-12-31(55-4)13-9-27)37(51)43-26(3)40(54)49(21-29-6-7-29)23-36(50)44-30/h5,8-17,22,25-26,29-30,33-34H,6-7,18-21,23-24H2,1-4H3,(H,43,51)(H,44,50)(H,45,52)(H,46,53)/t26-,30+,33+,34+/m1/s1. The Morgan fingerprint density at radius 3 is 2.43 bits per heavy atom. The highest BCUT2D eigenvalue weighted by molar-refractivity contribution is 5.98. The fourth-order valence-electron chi connectivity index (χ4n) is 6.69. The van der Waals surface area contributed by atoms with Crippen molar-refractivity contribution in [1.82, 2.24) is 40.5 Å². The third-order valence-electron chi connectivity index (χ3n) is 9.81. The molecule has 2 aromatic carbocycles. The van der Waals surface area contributed by atoms with Crippen LogP contribution in [0.4, 0.5) is 0 Å². The van der Waals surface area contributed by atoms with Gasteiger partial charge in [0.1, 0.15) is 41.9 Å². The summed E-state index contributed by atoms with van der Waals surface area (Å²) < 4.78 is 13.0. The summed E-state index contributed by atoms with van der Waals surface area (Å²) in [6.07, 6.45) is 7.49. The number of nitrogens with zero attached hydrogens (tertiary/aromatic N) is 4. The molecule has 4 atom stereocenters. The van der Waals surface area contributed by atoms with Crippen LogP contribution in [-0.2, 0) is 32.0 Å². The van der Waals surface area contributed by atoms with Gasteiger partial charge in [-0.15, -0.1) is 0 Å². The fraction of sp³-hybridized carbons (Fsp3) is 0.439. The van der Waals surface area contributed by atoms with Crippen molar-refractivity contribution in [3.63, 3.8) is 0 Å². The molecule has 56 heavy (non-hydrogen) atoms. The van der Waals surface area contributed by atoms with Crippen molar-refractivity contribution in [2.24, 2.45) is 11.8 Å². The van der Waals surface area contributed by atoms with Gasteiger partial charge in [-0.25, -0.2) is 9.97 Å². The monoisotopic (exact) mass is 766 g/mol. The van der Waals surface area contributed by atoms with Crippen LogP contribution >= 0.6 is 0 Å². The van der Waals surface area contributed by atoms with Crippen LogP contribution in [0.2, 0.25) is 0 Å². The van der Waals surface area contributed by atoms with Gasteiger partial charge in [0.15, 0.2) is 0 Å². The van der Waals surface area contributed by atoms with Crippen molar-refractivity contribution < 1.29 is 33.4 Å². The first-order chi connectivity index (χ1) is 26.9. The van der Waals surface area contributed by atoms with Crippen molar-refractivity contribution in [3.05, 3.63) is 90.0 Å². The van der Waals surface area contributed by atoms with Crippen LogP contribution in [0.3, 0.4) is 0 Å². The van der Waals surface area contributed by atoms with Gasteiger partial charge in [0.2, 0.25) is 29.4 Å². The molecule has 3 aliphatic rings. The van der Waals surface area contributed by atoms with E-state index in [9.17, 15) is 24.0 Å². The number of imidazole rings is 1. The lowest BCUT2D eigenvalue weighted by Crippen LogP contribution is -2.58. The highest BCUT2D eigenvalue weighted by Crippen LogP contribution is 2.30. The summed E-state index contributed by atoms with van der Waals surface area (Å²) in [7, 11) is 1.55. The molecule has 296 valence electrons. The van der Waals surface area contributed by atoms with E-state index in [-0.39, 0.29) is 55.5 Å². The second-order valence-electron chi connectivity index (χ2n) is 15.0. The topological polar surface area (TPSA) is 185 Å². The Kier molecular flexibility index (Phi) is 12.8. The third kappa shape index (κ3) is 10.8. The molecule has 4 N–H and O–H groups in total. The van der Waals surface area contributed by atoms with E-state index in [1.165, 1.54) is 11.1 Å². The predicted octanol–water partition coefficient (Wildman–Crippen LogP) is 2.47. The SMILES string of the molecule is COc1ccc(C[C@@H]2NC(=O)[C@@H](NC(=O)c3cn4cccnc4n3)Cc3ccc(cc3)OC[C@H](CC(C)C)NC(=O)CN(CC3CC3)C(=O)[C@@H](C)NC2=O)cc1.